The second-order valence-corrected chi connectivity index (χ2v) is 13.3. The monoisotopic (exact) mass is 583 g/mol. The summed E-state index contributed by atoms with van der Waals surface area (Å²) in [5.41, 5.74) is 2.59. The van der Waals surface area contributed by atoms with Crippen LogP contribution in [0, 0.1) is 13.8 Å². The summed E-state index contributed by atoms with van der Waals surface area (Å²) in [7, 11) is -4.15. The molecule has 0 bridgehead atoms. The maximum absolute atomic E-state index is 14.1. The summed E-state index contributed by atoms with van der Waals surface area (Å²) in [4.78, 5) is 29.0. The van der Waals surface area contributed by atoms with Gasteiger partial charge in [-0.2, -0.15) is 0 Å². The number of amides is 2. The van der Waals surface area contributed by atoms with Crippen LogP contribution in [-0.2, 0) is 26.2 Å². The van der Waals surface area contributed by atoms with Gasteiger partial charge in [-0.3, -0.25) is 13.9 Å². The fraction of sp³-hybridized carbons (Fsp3) is 0.355. The van der Waals surface area contributed by atoms with Crippen molar-refractivity contribution >= 4 is 39.1 Å². The summed E-state index contributed by atoms with van der Waals surface area (Å²) in [5, 5.41) is 3.38. The molecular weight excluding hydrogens is 546 g/mol. The molecule has 0 aliphatic rings. The molecule has 0 aliphatic carbocycles. The average molecular weight is 584 g/mol. The Labute approximate surface area is 243 Å². The van der Waals surface area contributed by atoms with Crippen molar-refractivity contribution in [2.24, 2.45) is 0 Å². The first-order chi connectivity index (χ1) is 18.7. The lowest BCUT2D eigenvalue weighted by Gasteiger charge is -2.34. The Morgan fingerprint density at radius 3 is 2.10 bits per heavy atom. The van der Waals surface area contributed by atoms with Gasteiger partial charge in [-0.1, -0.05) is 60.5 Å². The lowest BCUT2D eigenvalue weighted by atomic mass is 10.1. The largest absolute Gasteiger partial charge is 0.350 e. The van der Waals surface area contributed by atoms with Crippen LogP contribution in [0.1, 0.15) is 50.8 Å². The highest BCUT2D eigenvalue weighted by molar-refractivity contribution is 7.92. The fourth-order valence-corrected chi connectivity index (χ4v) is 5.84. The molecule has 0 spiro atoms. The minimum Gasteiger partial charge on any atom is -0.350 e. The van der Waals surface area contributed by atoms with Crippen LogP contribution in [-0.4, -0.2) is 43.3 Å². The van der Waals surface area contributed by atoms with E-state index >= 15 is 0 Å². The average Bonchev–Trinajstić information content (AvgIpc) is 2.87. The molecule has 0 aliphatic heterocycles. The second-order valence-electron chi connectivity index (χ2n) is 11.0. The van der Waals surface area contributed by atoms with Crippen LogP contribution >= 0.6 is 11.6 Å². The number of carbonyl (C=O) groups excluding carboxylic acids is 2. The third kappa shape index (κ3) is 8.08. The third-order valence-corrected chi connectivity index (χ3v) is 8.37. The number of halogens is 1. The summed E-state index contributed by atoms with van der Waals surface area (Å²) in [6.45, 7) is 11.0. The number of nitrogens with one attached hydrogen (secondary N) is 1. The molecule has 1 N–H and O–H groups in total. The molecule has 3 aromatic rings. The van der Waals surface area contributed by atoms with Crippen molar-refractivity contribution in [2.75, 3.05) is 10.8 Å². The van der Waals surface area contributed by atoms with Crippen molar-refractivity contribution in [3.05, 3.63) is 94.5 Å². The highest BCUT2D eigenvalue weighted by Crippen LogP contribution is 2.26. The molecular formula is C31H38ClN3O4S. The quantitative estimate of drug-likeness (QED) is 0.323. The molecule has 0 saturated carbocycles. The number of rotatable bonds is 10. The molecule has 1 atom stereocenters. The highest BCUT2D eigenvalue weighted by atomic mass is 35.5. The van der Waals surface area contributed by atoms with Gasteiger partial charge in [0.15, 0.2) is 0 Å². The summed E-state index contributed by atoms with van der Waals surface area (Å²) in [5.74, 6) is -0.784. The summed E-state index contributed by atoms with van der Waals surface area (Å²) in [6, 6.07) is 19.7. The Hall–Kier alpha value is -3.36. The van der Waals surface area contributed by atoms with Gasteiger partial charge in [0.1, 0.15) is 12.6 Å². The van der Waals surface area contributed by atoms with E-state index in [1.165, 1.54) is 29.2 Å². The van der Waals surface area contributed by atoms with E-state index in [1.54, 1.807) is 18.2 Å². The number of nitrogens with zero attached hydrogens (tertiary/aromatic N) is 2. The number of sulfonamides is 1. The molecule has 0 fully saturated rings. The predicted molar refractivity (Wildman–Crippen MR) is 161 cm³/mol. The predicted octanol–water partition coefficient (Wildman–Crippen LogP) is 5.87. The van der Waals surface area contributed by atoms with E-state index in [1.807, 2.05) is 71.9 Å². The molecule has 0 radical (unpaired) electrons. The zero-order valence-corrected chi connectivity index (χ0v) is 25.5. The number of anilines is 1. The molecule has 214 valence electrons. The van der Waals surface area contributed by atoms with Crippen LogP contribution < -0.4 is 9.62 Å². The Balaban J connectivity index is 2.07. The van der Waals surface area contributed by atoms with E-state index in [2.05, 4.69) is 5.32 Å². The zero-order chi connectivity index (χ0) is 29.7. The van der Waals surface area contributed by atoms with Crippen molar-refractivity contribution in [2.45, 2.75) is 71.0 Å². The van der Waals surface area contributed by atoms with Crippen LogP contribution in [0.2, 0.25) is 5.02 Å². The lowest BCUT2D eigenvalue weighted by molar-refractivity contribution is -0.141. The fourth-order valence-electron chi connectivity index (χ4n) is 4.31. The molecule has 3 aromatic carbocycles. The second kappa shape index (κ2) is 12.9. The van der Waals surface area contributed by atoms with Crippen molar-refractivity contribution in [1.82, 2.24) is 10.2 Å². The Kier molecular flexibility index (Phi) is 10.0. The van der Waals surface area contributed by atoms with Crippen LogP contribution in [0.25, 0.3) is 0 Å². The summed E-state index contributed by atoms with van der Waals surface area (Å²) in [6.07, 6.45) is 0.355. The van der Waals surface area contributed by atoms with Crippen LogP contribution in [0.3, 0.4) is 0 Å². The Bertz CT molecular complexity index is 1430. The van der Waals surface area contributed by atoms with Crippen molar-refractivity contribution in [3.63, 3.8) is 0 Å². The molecule has 2 amide bonds. The van der Waals surface area contributed by atoms with E-state index in [4.69, 9.17) is 11.6 Å². The molecule has 1 unspecified atom stereocenters. The molecule has 0 aromatic heterocycles. The number of hydrogen-bond donors (Lipinski definition) is 1. The van der Waals surface area contributed by atoms with Gasteiger partial charge >= 0.3 is 0 Å². The maximum Gasteiger partial charge on any atom is 0.264 e. The Morgan fingerprint density at radius 1 is 0.925 bits per heavy atom. The van der Waals surface area contributed by atoms with Gasteiger partial charge in [0.25, 0.3) is 10.0 Å². The van der Waals surface area contributed by atoms with Gasteiger partial charge in [-0.05, 0) is 88.6 Å². The molecule has 40 heavy (non-hydrogen) atoms. The van der Waals surface area contributed by atoms with Gasteiger partial charge < -0.3 is 10.2 Å². The maximum atomic E-state index is 14.1. The molecule has 9 heteroatoms. The smallest absolute Gasteiger partial charge is 0.264 e. The van der Waals surface area contributed by atoms with E-state index in [-0.39, 0.29) is 17.3 Å². The standard InChI is InChI=1S/C31H38ClN3O4S/c1-7-28(30(37)33-31(4,5)6)34(20-24-13-11-22(2)12-14-24)29(36)21-35(26-10-8-9-23(3)19-26)40(38,39)27-17-15-25(32)16-18-27/h8-19,28H,7,20-21H2,1-6H3,(H,33,37). The molecule has 0 heterocycles. The van der Waals surface area contributed by atoms with E-state index < -0.39 is 34.1 Å². The highest BCUT2D eigenvalue weighted by Gasteiger charge is 2.34. The number of aryl methyl sites for hydroxylation is 2. The zero-order valence-electron chi connectivity index (χ0n) is 23.9. The van der Waals surface area contributed by atoms with E-state index in [0.717, 1.165) is 21.0 Å². The lowest BCUT2D eigenvalue weighted by Crippen LogP contribution is -2.55. The van der Waals surface area contributed by atoms with E-state index in [9.17, 15) is 18.0 Å². The van der Waals surface area contributed by atoms with Crippen molar-refractivity contribution in [1.29, 1.82) is 0 Å². The normalized spacial score (nSPS) is 12.5. The summed E-state index contributed by atoms with van der Waals surface area (Å²) < 4.78 is 28.9. The first-order valence-electron chi connectivity index (χ1n) is 13.2. The first kappa shape index (κ1) is 31.2. The van der Waals surface area contributed by atoms with Crippen molar-refractivity contribution < 1.29 is 18.0 Å². The third-order valence-electron chi connectivity index (χ3n) is 6.33. The SMILES string of the molecule is CCC(C(=O)NC(C)(C)C)N(Cc1ccc(C)cc1)C(=O)CN(c1cccc(C)c1)S(=O)(=O)c1ccc(Cl)cc1. The molecule has 0 saturated heterocycles. The minimum atomic E-state index is -4.15. The van der Waals surface area contributed by atoms with Crippen LogP contribution in [0.4, 0.5) is 5.69 Å². The van der Waals surface area contributed by atoms with Gasteiger partial charge in [0.05, 0.1) is 10.6 Å². The van der Waals surface area contributed by atoms with Crippen molar-refractivity contribution in [3.8, 4) is 0 Å². The number of carbonyl (C=O) groups is 2. The summed E-state index contributed by atoms with van der Waals surface area (Å²) >= 11 is 6.01. The van der Waals surface area contributed by atoms with Gasteiger partial charge in [0, 0.05) is 17.1 Å². The topological polar surface area (TPSA) is 86.8 Å². The molecule has 3 rings (SSSR count). The Morgan fingerprint density at radius 2 is 1.55 bits per heavy atom. The minimum absolute atomic E-state index is 0.00816. The van der Waals surface area contributed by atoms with Gasteiger partial charge in [-0.15, -0.1) is 0 Å². The number of benzene rings is 3. The van der Waals surface area contributed by atoms with Gasteiger partial charge in [-0.25, -0.2) is 8.42 Å². The van der Waals surface area contributed by atoms with Gasteiger partial charge in [0.2, 0.25) is 11.8 Å². The molecule has 7 nitrogen and oxygen atoms in total. The number of hydrogen-bond acceptors (Lipinski definition) is 4. The van der Waals surface area contributed by atoms with Crippen LogP contribution in [0.15, 0.2) is 77.7 Å². The first-order valence-corrected chi connectivity index (χ1v) is 15.0. The van der Waals surface area contributed by atoms with Crippen LogP contribution in [0.5, 0.6) is 0 Å². The van der Waals surface area contributed by atoms with E-state index in [0.29, 0.717) is 17.1 Å².